The number of fused-ring (bicyclic) bond motifs is 1. The van der Waals surface area contributed by atoms with Gasteiger partial charge in [0.05, 0.1) is 23.5 Å². The number of hydrogen-bond acceptors (Lipinski definition) is 5. The minimum Gasteiger partial charge on any atom is -0.304 e. The quantitative estimate of drug-likeness (QED) is 0.764. The number of carbonyl (C=O) groups excluding carboxylic acids is 1. The van der Waals surface area contributed by atoms with E-state index >= 15 is 0 Å². The van der Waals surface area contributed by atoms with Gasteiger partial charge in [-0.05, 0) is 0 Å². The van der Waals surface area contributed by atoms with Crippen molar-refractivity contribution >= 4 is 28.8 Å². The zero-order valence-corrected chi connectivity index (χ0v) is 10.2. The fraction of sp³-hybridized carbons (Fsp3) is 0. The van der Waals surface area contributed by atoms with Crippen molar-refractivity contribution in [1.29, 1.82) is 0 Å². The second-order valence-electron chi connectivity index (χ2n) is 3.61. The molecule has 1 amide bonds. The summed E-state index contributed by atoms with van der Waals surface area (Å²) in [7, 11) is 0. The number of carbonyl (C=O) groups is 1. The Bertz CT molecular complexity index is 756. The molecule has 0 aliphatic rings. The van der Waals surface area contributed by atoms with E-state index in [4.69, 9.17) is 11.6 Å². The van der Waals surface area contributed by atoms with Gasteiger partial charge in [0.15, 0.2) is 11.0 Å². The molecule has 3 heterocycles. The summed E-state index contributed by atoms with van der Waals surface area (Å²) in [6.45, 7) is 0. The van der Waals surface area contributed by atoms with Gasteiger partial charge in [-0.25, -0.2) is 14.5 Å². The predicted molar refractivity (Wildman–Crippen MR) is 68.0 cm³/mol. The van der Waals surface area contributed by atoms with Gasteiger partial charge in [0, 0.05) is 24.8 Å². The molecular weight excluding hydrogens is 268 g/mol. The molecule has 0 radical (unpaired) electrons. The van der Waals surface area contributed by atoms with E-state index in [0.717, 1.165) is 0 Å². The Kier molecular flexibility index (Phi) is 2.81. The first-order valence-electron chi connectivity index (χ1n) is 5.31. The average Bonchev–Trinajstić information content (AvgIpc) is 2.85. The minimum absolute atomic E-state index is 0.130. The molecule has 0 saturated carbocycles. The van der Waals surface area contributed by atoms with Crippen LogP contribution >= 0.6 is 11.6 Å². The van der Waals surface area contributed by atoms with Crippen LogP contribution in [-0.2, 0) is 0 Å². The summed E-state index contributed by atoms with van der Waals surface area (Å²) in [6.07, 6.45) is 9.13. The highest BCUT2D eigenvalue weighted by Crippen LogP contribution is 2.16. The molecule has 19 heavy (non-hydrogen) atoms. The summed E-state index contributed by atoms with van der Waals surface area (Å²) in [5.74, 6) is -0.164. The minimum atomic E-state index is -0.370. The molecule has 0 aliphatic heterocycles. The lowest BCUT2D eigenvalue weighted by atomic mass is 10.3. The molecule has 0 aliphatic carbocycles. The van der Waals surface area contributed by atoms with E-state index in [1.807, 2.05) is 0 Å². The smallest absolute Gasteiger partial charge is 0.260 e. The summed E-state index contributed by atoms with van der Waals surface area (Å²) >= 11 is 5.83. The Morgan fingerprint density at radius 1 is 1.21 bits per heavy atom. The molecule has 7 nitrogen and oxygen atoms in total. The molecule has 0 spiro atoms. The Balaban J connectivity index is 1.95. The van der Waals surface area contributed by atoms with E-state index in [2.05, 4.69) is 25.4 Å². The van der Waals surface area contributed by atoms with Gasteiger partial charge in [0.25, 0.3) is 5.91 Å². The summed E-state index contributed by atoms with van der Waals surface area (Å²) in [5.41, 5.74) is 0.981. The topological polar surface area (TPSA) is 85.1 Å². The van der Waals surface area contributed by atoms with Gasteiger partial charge in [-0.15, -0.1) is 0 Å². The van der Waals surface area contributed by atoms with Crippen molar-refractivity contribution in [1.82, 2.24) is 24.6 Å². The van der Waals surface area contributed by atoms with Crippen LogP contribution in [0.5, 0.6) is 0 Å². The normalized spacial score (nSPS) is 10.6. The lowest BCUT2D eigenvalue weighted by molar-refractivity contribution is 0.102. The molecule has 8 heteroatoms. The van der Waals surface area contributed by atoms with Gasteiger partial charge in [-0.3, -0.25) is 9.78 Å². The average molecular weight is 275 g/mol. The Labute approximate surface area is 112 Å². The lowest BCUT2D eigenvalue weighted by Crippen LogP contribution is -2.13. The van der Waals surface area contributed by atoms with E-state index in [1.54, 1.807) is 23.1 Å². The van der Waals surface area contributed by atoms with E-state index in [1.165, 1.54) is 18.6 Å². The van der Waals surface area contributed by atoms with E-state index in [9.17, 15) is 4.79 Å². The van der Waals surface area contributed by atoms with Crippen LogP contribution in [0, 0.1) is 0 Å². The summed E-state index contributed by atoms with van der Waals surface area (Å²) in [5, 5.41) is 6.76. The fourth-order valence-corrected chi connectivity index (χ4v) is 1.74. The Hall–Kier alpha value is -2.54. The van der Waals surface area contributed by atoms with E-state index in [-0.39, 0.29) is 16.9 Å². The molecule has 0 fully saturated rings. The van der Waals surface area contributed by atoms with E-state index in [0.29, 0.717) is 11.1 Å². The molecule has 3 aromatic rings. The van der Waals surface area contributed by atoms with Gasteiger partial charge >= 0.3 is 0 Å². The molecule has 1 N–H and O–H groups in total. The second-order valence-corrected chi connectivity index (χ2v) is 3.97. The standard InChI is InChI=1S/C11H7ClN6O/c12-9-10(15-2-1-14-9)17-11(19)7-5-16-18-4-3-13-6-8(7)18/h1-6H,(H,15,17,19). The zero-order chi connectivity index (χ0) is 13.2. The lowest BCUT2D eigenvalue weighted by Gasteiger charge is -2.03. The monoisotopic (exact) mass is 274 g/mol. The first-order valence-corrected chi connectivity index (χ1v) is 5.69. The molecule has 0 aromatic carbocycles. The molecule has 3 aromatic heterocycles. The summed E-state index contributed by atoms with van der Waals surface area (Å²) < 4.78 is 1.56. The Morgan fingerprint density at radius 3 is 2.89 bits per heavy atom. The van der Waals surface area contributed by atoms with Crippen LogP contribution in [0.15, 0.2) is 37.2 Å². The second kappa shape index (κ2) is 4.62. The number of anilines is 1. The largest absolute Gasteiger partial charge is 0.304 e. The van der Waals surface area contributed by atoms with Gasteiger partial charge in [-0.2, -0.15) is 5.10 Å². The zero-order valence-electron chi connectivity index (χ0n) is 9.49. The maximum absolute atomic E-state index is 12.1. The van der Waals surface area contributed by atoms with Crippen molar-refractivity contribution in [2.45, 2.75) is 0 Å². The first kappa shape index (κ1) is 11.5. The van der Waals surface area contributed by atoms with E-state index < -0.39 is 0 Å². The summed E-state index contributed by atoms with van der Waals surface area (Å²) in [4.78, 5) is 23.9. The SMILES string of the molecule is O=C(Nc1nccnc1Cl)c1cnn2ccncc12. The number of aromatic nitrogens is 5. The third-order valence-corrected chi connectivity index (χ3v) is 2.73. The van der Waals surface area contributed by atoms with Crippen LogP contribution in [0.2, 0.25) is 5.15 Å². The van der Waals surface area contributed by atoms with Crippen LogP contribution < -0.4 is 5.32 Å². The van der Waals surface area contributed by atoms with Crippen molar-refractivity contribution in [3.8, 4) is 0 Å². The molecule has 3 rings (SSSR count). The van der Waals surface area contributed by atoms with Crippen molar-refractivity contribution in [3.05, 3.63) is 47.9 Å². The van der Waals surface area contributed by atoms with Crippen molar-refractivity contribution in [2.75, 3.05) is 5.32 Å². The number of rotatable bonds is 2. The van der Waals surface area contributed by atoms with Crippen molar-refractivity contribution in [2.24, 2.45) is 0 Å². The maximum atomic E-state index is 12.1. The summed E-state index contributed by atoms with van der Waals surface area (Å²) in [6, 6.07) is 0. The van der Waals surface area contributed by atoms with Crippen LogP contribution in [0.4, 0.5) is 5.82 Å². The number of hydrogen-bond donors (Lipinski definition) is 1. The Morgan fingerprint density at radius 2 is 2.05 bits per heavy atom. The molecule has 0 bridgehead atoms. The van der Waals surface area contributed by atoms with Gasteiger partial charge in [0.2, 0.25) is 0 Å². The molecule has 0 atom stereocenters. The van der Waals surface area contributed by atoms with Crippen LogP contribution in [-0.4, -0.2) is 30.5 Å². The van der Waals surface area contributed by atoms with Gasteiger partial charge < -0.3 is 5.32 Å². The van der Waals surface area contributed by atoms with Gasteiger partial charge in [0.1, 0.15) is 0 Å². The van der Waals surface area contributed by atoms with Crippen LogP contribution in [0.3, 0.4) is 0 Å². The van der Waals surface area contributed by atoms with Crippen molar-refractivity contribution < 1.29 is 4.79 Å². The fourth-order valence-electron chi connectivity index (χ4n) is 1.59. The predicted octanol–water partition coefficient (Wildman–Crippen LogP) is 1.42. The highest BCUT2D eigenvalue weighted by molar-refractivity contribution is 6.32. The third-order valence-electron chi connectivity index (χ3n) is 2.45. The first-order chi connectivity index (χ1) is 9.25. The molecule has 94 valence electrons. The number of amides is 1. The van der Waals surface area contributed by atoms with Crippen LogP contribution in [0.1, 0.15) is 10.4 Å². The maximum Gasteiger partial charge on any atom is 0.260 e. The third kappa shape index (κ3) is 2.11. The number of nitrogens with zero attached hydrogens (tertiary/aromatic N) is 5. The van der Waals surface area contributed by atoms with Gasteiger partial charge in [-0.1, -0.05) is 11.6 Å². The highest BCUT2D eigenvalue weighted by atomic mass is 35.5. The number of nitrogens with one attached hydrogen (secondary N) is 1. The molecule has 0 saturated heterocycles. The van der Waals surface area contributed by atoms with Crippen LogP contribution in [0.25, 0.3) is 5.52 Å². The van der Waals surface area contributed by atoms with Crippen molar-refractivity contribution in [3.63, 3.8) is 0 Å². The highest BCUT2D eigenvalue weighted by Gasteiger charge is 2.14. The molecular formula is C11H7ClN6O. The number of halogens is 1. The molecule has 0 unspecified atom stereocenters.